The Balaban J connectivity index is 2.29. The molecule has 0 radical (unpaired) electrons. The lowest BCUT2D eigenvalue weighted by molar-refractivity contribution is 1.14. The second kappa shape index (κ2) is 5.85. The molecule has 98 valence electrons. The quantitative estimate of drug-likeness (QED) is 0.827. The normalized spacial score (nSPS) is 10.2. The van der Waals surface area contributed by atoms with Gasteiger partial charge in [-0.05, 0) is 43.2 Å². The minimum atomic E-state index is 0.413. The van der Waals surface area contributed by atoms with Crippen LogP contribution in [0.5, 0.6) is 0 Å². The van der Waals surface area contributed by atoms with Crippen molar-refractivity contribution in [1.82, 2.24) is 0 Å². The van der Waals surface area contributed by atoms with Gasteiger partial charge in [-0.15, -0.1) is 0 Å². The molecule has 0 atom stereocenters. The highest BCUT2D eigenvalue weighted by Crippen LogP contribution is 2.22. The Morgan fingerprint density at radius 2 is 1.84 bits per heavy atom. The van der Waals surface area contributed by atoms with E-state index in [2.05, 4.69) is 36.5 Å². The third-order valence-electron chi connectivity index (χ3n) is 3.08. The van der Waals surface area contributed by atoms with E-state index in [9.17, 15) is 0 Å². The summed E-state index contributed by atoms with van der Waals surface area (Å²) in [7, 11) is 0. The van der Waals surface area contributed by atoms with Gasteiger partial charge in [0.15, 0.2) is 0 Å². The van der Waals surface area contributed by atoms with Gasteiger partial charge in [-0.25, -0.2) is 0 Å². The summed E-state index contributed by atoms with van der Waals surface area (Å²) in [4.78, 5) is 0.413. The number of hydrogen-bond donors (Lipinski definition) is 2. The zero-order valence-corrected chi connectivity index (χ0v) is 12.1. The average Bonchev–Trinajstić information content (AvgIpc) is 2.41. The fraction of sp³-hybridized carbons (Fsp3) is 0.188. The number of aryl methyl sites for hydroxylation is 2. The van der Waals surface area contributed by atoms with Crippen molar-refractivity contribution in [2.24, 2.45) is 5.73 Å². The second-order valence-corrected chi connectivity index (χ2v) is 5.03. The standard InChI is InChI=1S/C16H18N2S/c1-3-12-5-7-13(8-6-12)18-15-9-4-11(2)10-14(15)16(17)19/h4-10,18H,3H2,1-2H3,(H2,17,19). The fourth-order valence-corrected chi connectivity index (χ4v) is 2.12. The second-order valence-electron chi connectivity index (χ2n) is 4.59. The molecule has 0 saturated carbocycles. The molecular formula is C16H18N2S. The number of benzene rings is 2. The Labute approximate surface area is 119 Å². The van der Waals surface area contributed by atoms with Crippen LogP contribution in [-0.4, -0.2) is 4.99 Å². The highest BCUT2D eigenvalue weighted by atomic mass is 32.1. The number of nitrogens with two attached hydrogens (primary N) is 1. The van der Waals surface area contributed by atoms with Gasteiger partial charge in [-0.2, -0.15) is 0 Å². The molecule has 0 bridgehead atoms. The number of anilines is 2. The number of hydrogen-bond acceptors (Lipinski definition) is 2. The number of rotatable bonds is 4. The van der Waals surface area contributed by atoms with Crippen molar-refractivity contribution in [3.8, 4) is 0 Å². The van der Waals surface area contributed by atoms with Gasteiger partial charge >= 0.3 is 0 Å². The summed E-state index contributed by atoms with van der Waals surface area (Å²) in [6.45, 7) is 4.18. The summed E-state index contributed by atoms with van der Waals surface area (Å²) < 4.78 is 0. The first-order chi connectivity index (χ1) is 9.10. The van der Waals surface area contributed by atoms with E-state index < -0.39 is 0 Å². The Morgan fingerprint density at radius 1 is 1.16 bits per heavy atom. The van der Waals surface area contributed by atoms with E-state index in [1.807, 2.05) is 25.1 Å². The molecule has 2 rings (SSSR count). The van der Waals surface area contributed by atoms with Crippen LogP contribution in [0.2, 0.25) is 0 Å². The molecule has 0 spiro atoms. The molecule has 0 aliphatic carbocycles. The van der Waals surface area contributed by atoms with E-state index in [1.54, 1.807) is 0 Å². The fourth-order valence-electron chi connectivity index (χ4n) is 1.95. The van der Waals surface area contributed by atoms with E-state index in [0.717, 1.165) is 28.9 Å². The van der Waals surface area contributed by atoms with Crippen molar-refractivity contribution in [3.05, 3.63) is 59.2 Å². The monoisotopic (exact) mass is 270 g/mol. The molecule has 0 unspecified atom stereocenters. The minimum absolute atomic E-state index is 0.413. The minimum Gasteiger partial charge on any atom is -0.389 e. The van der Waals surface area contributed by atoms with Crippen molar-refractivity contribution in [1.29, 1.82) is 0 Å². The highest BCUT2D eigenvalue weighted by molar-refractivity contribution is 7.80. The summed E-state index contributed by atoms with van der Waals surface area (Å²) >= 11 is 5.10. The molecule has 0 amide bonds. The van der Waals surface area contributed by atoms with E-state index in [1.165, 1.54) is 5.56 Å². The first kappa shape index (κ1) is 13.6. The summed E-state index contributed by atoms with van der Waals surface area (Å²) in [5, 5.41) is 3.36. The maximum Gasteiger partial charge on any atom is 0.106 e. The summed E-state index contributed by atoms with van der Waals surface area (Å²) in [5.74, 6) is 0. The van der Waals surface area contributed by atoms with Gasteiger partial charge < -0.3 is 11.1 Å². The van der Waals surface area contributed by atoms with Crippen LogP contribution >= 0.6 is 12.2 Å². The lowest BCUT2D eigenvalue weighted by atomic mass is 10.1. The molecule has 0 heterocycles. The first-order valence-corrected chi connectivity index (χ1v) is 6.77. The molecule has 19 heavy (non-hydrogen) atoms. The van der Waals surface area contributed by atoms with Gasteiger partial charge in [-0.1, -0.05) is 42.9 Å². The maximum atomic E-state index is 5.77. The van der Waals surface area contributed by atoms with Gasteiger partial charge in [0.2, 0.25) is 0 Å². The van der Waals surface area contributed by atoms with E-state index in [4.69, 9.17) is 18.0 Å². The van der Waals surface area contributed by atoms with Gasteiger partial charge in [0, 0.05) is 16.9 Å². The van der Waals surface area contributed by atoms with Crippen molar-refractivity contribution in [3.63, 3.8) is 0 Å². The lowest BCUT2D eigenvalue weighted by Gasteiger charge is -2.12. The topological polar surface area (TPSA) is 38.0 Å². The first-order valence-electron chi connectivity index (χ1n) is 6.36. The third kappa shape index (κ3) is 3.32. The Kier molecular flexibility index (Phi) is 4.17. The Morgan fingerprint density at radius 3 is 2.42 bits per heavy atom. The molecule has 2 aromatic carbocycles. The van der Waals surface area contributed by atoms with Gasteiger partial charge in [0.05, 0.1) is 0 Å². The Hall–Kier alpha value is -1.87. The average molecular weight is 270 g/mol. The van der Waals surface area contributed by atoms with Crippen LogP contribution in [0.3, 0.4) is 0 Å². The predicted molar refractivity (Wildman–Crippen MR) is 86.2 cm³/mol. The Bertz CT molecular complexity index is 588. The van der Waals surface area contributed by atoms with Crippen LogP contribution in [-0.2, 0) is 6.42 Å². The largest absolute Gasteiger partial charge is 0.389 e. The molecule has 3 N–H and O–H groups in total. The molecule has 0 aliphatic rings. The highest BCUT2D eigenvalue weighted by Gasteiger charge is 2.05. The molecule has 2 aromatic rings. The van der Waals surface area contributed by atoms with Crippen LogP contribution in [0, 0.1) is 6.92 Å². The number of nitrogens with one attached hydrogen (secondary N) is 1. The van der Waals surface area contributed by atoms with Crippen molar-refractivity contribution < 1.29 is 0 Å². The van der Waals surface area contributed by atoms with Crippen LogP contribution in [0.15, 0.2) is 42.5 Å². The number of thiocarbonyl (C=S) groups is 1. The van der Waals surface area contributed by atoms with Gasteiger partial charge in [0.25, 0.3) is 0 Å². The SMILES string of the molecule is CCc1ccc(Nc2ccc(C)cc2C(N)=S)cc1. The van der Waals surface area contributed by atoms with Gasteiger partial charge in [0.1, 0.15) is 4.99 Å². The van der Waals surface area contributed by atoms with Crippen LogP contribution in [0.1, 0.15) is 23.6 Å². The molecule has 0 fully saturated rings. The zero-order chi connectivity index (χ0) is 13.8. The van der Waals surface area contributed by atoms with Crippen LogP contribution < -0.4 is 11.1 Å². The van der Waals surface area contributed by atoms with Crippen molar-refractivity contribution >= 4 is 28.6 Å². The molecule has 0 aromatic heterocycles. The maximum absolute atomic E-state index is 5.77. The zero-order valence-electron chi connectivity index (χ0n) is 11.2. The van der Waals surface area contributed by atoms with Crippen LogP contribution in [0.25, 0.3) is 0 Å². The molecule has 0 saturated heterocycles. The van der Waals surface area contributed by atoms with E-state index >= 15 is 0 Å². The summed E-state index contributed by atoms with van der Waals surface area (Å²) in [6, 6.07) is 14.4. The summed E-state index contributed by atoms with van der Waals surface area (Å²) in [6.07, 6.45) is 1.04. The predicted octanol–water partition coefficient (Wildman–Crippen LogP) is 3.94. The van der Waals surface area contributed by atoms with Crippen molar-refractivity contribution in [2.75, 3.05) is 5.32 Å². The smallest absolute Gasteiger partial charge is 0.106 e. The third-order valence-corrected chi connectivity index (χ3v) is 3.30. The molecule has 0 aliphatic heterocycles. The molecular weight excluding hydrogens is 252 g/mol. The lowest BCUT2D eigenvalue weighted by Crippen LogP contribution is -2.12. The van der Waals surface area contributed by atoms with Crippen molar-refractivity contribution in [2.45, 2.75) is 20.3 Å². The molecule has 2 nitrogen and oxygen atoms in total. The van der Waals surface area contributed by atoms with E-state index in [0.29, 0.717) is 4.99 Å². The van der Waals surface area contributed by atoms with Gasteiger partial charge in [-0.3, -0.25) is 0 Å². The van der Waals surface area contributed by atoms with Crippen LogP contribution in [0.4, 0.5) is 11.4 Å². The summed E-state index contributed by atoms with van der Waals surface area (Å²) in [5.41, 5.74) is 11.1. The molecule has 3 heteroatoms. The van der Waals surface area contributed by atoms with E-state index in [-0.39, 0.29) is 0 Å².